The first-order valence-electron chi connectivity index (χ1n) is 16.8. The maximum atomic E-state index is 13.8. The fourth-order valence-electron chi connectivity index (χ4n) is 7.12. The number of ether oxygens (including phenoxy) is 3. The van der Waals surface area contributed by atoms with Gasteiger partial charge in [0.1, 0.15) is 12.5 Å². The lowest BCUT2D eigenvalue weighted by Crippen LogP contribution is -2.83. The van der Waals surface area contributed by atoms with Crippen LogP contribution in [-0.2, 0) is 41.4 Å². The van der Waals surface area contributed by atoms with Crippen molar-refractivity contribution in [2.24, 2.45) is 5.92 Å². The van der Waals surface area contributed by atoms with Gasteiger partial charge in [0.05, 0.1) is 6.61 Å². The Labute approximate surface area is 303 Å². The van der Waals surface area contributed by atoms with Crippen LogP contribution in [0.4, 0.5) is 0 Å². The number of fused-ring (bicyclic) bond motifs is 1. The first kappa shape index (κ1) is 38.7. The van der Waals surface area contributed by atoms with E-state index in [1.165, 1.54) is 25.3 Å². The lowest BCUT2D eigenvalue weighted by Gasteiger charge is -2.61. The highest BCUT2D eigenvalue weighted by Crippen LogP contribution is 2.53. The Morgan fingerprint density at radius 3 is 2.25 bits per heavy atom. The molecule has 0 unspecified atom stereocenters. The molecule has 1 aliphatic carbocycles. The molecule has 0 spiro atoms. The second-order valence-electron chi connectivity index (χ2n) is 13.1. The van der Waals surface area contributed by atoms with Gasteiger partial charge in [0.2, 0.25) is 5.60 Å². The minimum atomic E-state index is -2.70. The fourth-order valence-corrected chi connectivity index (χ4v) is 7.12. The van der Waals surface area contributed by atoms with Crippen molar-refractivity contribution in [1.82, 2.24) is 5.32 Å². The third-order valence-electron chi connectivity index (χ3n) is 9.99. The van der Waals surface area contributed by atoms with E-state index in [2.05, 4.69) is 5.32 Å². The SMILES string of the molecule is CCc1cccc(C[C@H]2[C@@H](OC(=O)CC(=O)c3ccc(O)c(O)c3)[C@]3(OC(=O)C=Cc4ccc(O)c(O)c4)[C@@H](C[C@]2(O)C(=O)O)OCC[C@@]3(O)NC)c1. The fraction of sp³-hybridized carbons (Fsp3) is 0.368. The lowest BCUT2D eigenvalue weighted by molar-refractivity contribution is -0.339. The summed E-state index contributed by atoms with van der Waals surface area (Å²) >= 11 is 0. The molecule has 0 aromatic heterocycles. The van der Waals surface area contributed by atoms with Crippen molar-refractivity contribution >= 4 is 29.8 Å². The van der Waals surface area contributed by atoms with Gasteiger partial charge < -0.3 is 50.0 Å². The summed E-state index contributed by atoms with van der Waals surface area (Å²) < 4.78 is 18.0. The summed E-state index contributed by atoms with van der Waals surface area (Å²) in [5.74, 6) is -8.61. The Bertz CT molecular complexity index is 1930. The molecule has 2 aliphatic rings. The number of phenolic OH excluding ortho intramolecular Hbond substituents is 4. The van der Waals surface area contributed by atoms with Crippen LogP contribution in [0.25, 0.3) is 6.08 Å². The predicted molar refractivity (Wildman–Crippen MR) is 185 cm³/mol. The predicted octanol–water partition coefficient (Wildman–Crippen LogP) is 2.33. The van der Waals surface area contributed by atoms with Crippen molar-refractivity contribution < 1.29 is 69.1 Å². The molecule has 0 bridgehead atoms. The van der Waals surface area contributed by atoms with Gasteiger partial charge >= 0.3 is 17.9 Å². The number of hydrogen-bond donors (Lipinski definition) is 8. The molecule has 5 rings (SSSR count). The molecule has 1 aliphatic heterocycles. The molecule has 6 atom stereocenters. The summed E-state index contributed by atoms with van der Waals surface area (Å²) in [4.78, 5) is 53.7. The van der Waals surface area contributed by atoms with E-state index in [1.54, 1.807) is 18.2 Å². The number of benzene rings is 3. The number of aliphatic hydroxyl groups is 2. The van der Waals surface area contributed by atoms with Crippen molar-refractivity contribution in [3.05, 3.63) is 89.0 Å². The van der Waals surface area contributed by atoms with E-state index in [9.17, 15) is 54.9 Å². The number of aliphatic carboxylic acids is 1. The van der Waals surface area contributed by atoms with Crippen LogP contribution in [0, 0.1) is 5.92 Å². The molecule has 0 amide bonds. The van der Waals surface area contributed by atoms with Crippen molar-refractivity contribution in [2.75, 3.05) is 13.7 Å². The number of nitrogens with one attached hydrogen (secondary N) is 1. The van der Waals surface area contributed by atoms with Crippen LogP contribution in [-0.4, -0.2) is 102 Å². The molecular weight excluding hydrogens is 694 g/mol. The van der Waals surface area contributed by atoms with Gasteiger partial charge in [0.25, 0.3) is 0 Å². The first-order valence-corrected chi connectivity index (χ1v) is 16.8. The average Bonchev–Trinajstić information content (AvgIpc) is 3.12. The highest BCUT2D eigenvalue weighted by molar-refractivity contribution is 6.06. The van der Waals surface area contributed by atoms with Crippen LogP contribution in [0.3, 0.4) is 0 Å². The van der Waals surface area contributed by atoms with E-state index in [1.807, 2.05) is 13.0 Å². The van der Waals surface area contributed by atoms with Crippen molar-refractivity contribution in [3.8, 4) is 23.0 Å². The van der Waals surface area contributed by atoms with E-state index in [4.69, 9.17) is 14.2 Å². The molecule has 53 heavy (non-hydrogen) atoms. The summed E-state index contributed by atoms with van der Waals surface area (Å²) in [5.41, 5.74) is -5.97. The zero-order chi connectivity index (χ0) is 38.7. The third kappa shape index (κ3) is 7.55. The van der Waals surface area contributed by atoms with Crippen LogP contribution in [0.2, 0.25) is 0 Å². The molecule has 3 aromatic rings. The van der Waals surface area contributed by atoms with Crippen LogP contribution < -0.4 is 5.32 Å². The number of aromatic hydroxyl groups is 4. The molecule has 2 fully saturated rings. The topological polar surface area (TPSA) is 250 Å². The van der Waals surface area contributed by atoms with E-state index >= 15 is 0 Å². The van der Waals surface area contributed by atoms with E-state index in [0.29, 0.717) is 12.0 Å². The van der Waals surface area contributed by atoms with E-state index in [-0.39, 0.29) is 30.6 Å². The molecule has 15 heteroatoms. The summed E-state index contributed by atoms with van der Waals surface area (Å²) in [6.07, 6.45) is -3.09. The smallest absolute Gasteiger partial charge is 0.336 e. The van der Waals surface area contributed by atoms with Crippen LogP contribution in [0.5, 0.6) is 23.0 Å². The van der Waals surface area contributed by atoms with Gasteiger partial charge in [-0.2, -0.15) is 0 Å². The Balaban J connectivity index is 1.64. The highest BCUT2D eigenvalue weighted by atomic mass is 16.6. The third-order valence-corrected chi connectivity index (χ3v) is 9.99. The average molecular weight is 736 g/mol. The maximum absolute atomic E-state index is 13.8. The summed E-state index contributed by atoms with van der Waals surface area (Å²) in [5, 5.41) is 76.8. The summed E-state index contributed by atoms with van der Waals surface area (Å²) in [6, 6.07) is 13.9. The monoisotopic (exact) mass is 735 g/mol. The van der Waals surface area contributed by atoms with Crippen LogP contribution in [0.15, 0.2) is 66.7 Å². The van der Waals surface area contributed by atoms with Crippen molar-refractivity contribution in [2.45, 2.75) is 68.2 Å². The Kier molecular flexibility index (Phi) is 11.1. The molecule has 1 saturated carbocycles. The lowest BCUT2D eigenvalue weighted by atomic mass is 9.58. The van der Waals surface area contributed by atoms with Gasteiger partial charge in [-0.1, -0.05) is 37.3 Å². The highest BCUT2D eigenvalue weighted by Gasteiger charge is 2.75. The number of carbonyl (C=O) groups is 4. The zero-order valence-electron chi connectivity index (χ0n) is 28.9. The summed E-state index contributed by atoms with van der Waals surface area (Å²) in [6.45, 7) is 1.70. The number of phenols is 4. The van der Waals surface area contributed by atoms with Gasteiger partial charge in [0.15, 0.2) is 46.2 Å². The van der Waals surface area contributed by atoms with Gasteiger partial charge in [-0.15, -0.1) is 0 Å². The number of carbonyl (C=O) groups excluding carboxylic acids is 3. The number of rotatable bonds is 12. The minimum absolute atomic E-state index is 0.173. The van der Waals surface area contributed by atoms with Gasteiger partial charge in [-0.25, -0.2) is 9.59 Å². The molecule has 8 N–H and O–H groups in total. The molecule has 15 nitrogen and oxygen atoms in total. The quantitative estimate of drug-likeness (QED) is 0.0332. The number of hydrogen-bond acceptors (Lipinski definition) is 14. The second kappa shape index (κ2) is 15.2. The van der Waals surface area contributed by atoms with E-state index in [0.717, 1.165) is 35.9 Å². The Morgan fingerprint density at radius 2 is 1.60 bits per heavy atom. The number of carboxylic acid groups (broad SMARTS) is 1. The maximum Gasteiger partial charge on any atom is 0.336 e. The Hall–Kier alpha value is -5.48. The summed E-state index contributed by atoms with van der Waals surface area (Å²) in [7, 11) is 1.34. The Morgan fingerprint density at radius 1 is 0.925 bits per heavy atom. The normalized spacial score (nSPS) is 26.8. The standard InChI is InChI=1S/C38H41NO14/c1-3-21-5-4-6-23(15-21)16-25-34(52-33(46)19-28(42)24-9-11-27(41)30(44)18-24)38(53-32(45)12-8-22-7-10-26(40)29(43)17-22)31(20-36(25,49)35(47)48)51-14-13-37(38,50)39-2/h4-12,15,17-18,25,31,34,39-41,43-44,49-50H,3,13-14,16,19-20H2,1-2H3,(H,47,48)/t25-,31+,34+,36+,37-,38+/m0/s1. The number of likely N-dealkylation sites (N-methyl/N-ethyl adjacent to an activating group) is 1. The van der Waals surface area contributed by atoms with E-state index < -0.39 is 94.6 Å². The molecular formula is C38H41NO14. The minimum Gasteiger partial charge on any atom is -0.504 e. The number of esters is 2. The van der Waals surface area contributed by atoms with Gasteiger partial charge in [-0.05, 0) is 73.0 Å². The number of ketones is 1. The number of aryl methyl sites for hydroxylation is 1. The first-order chi connectivity index (χ1) is 25.1. The molecule has 1 saturated heterocycles. The number of carboxylic acids is 1. The number of Topliss-reactive ketones (excluding diaryl/α,β-unsaturated/α-hetero) is 1. The molecule has 282 valence electrons. The van der Waals surface area contributed by atoms with Gasteiger partial charge in [0, 0.05) is 30.4 Å². The van der Waals surface area contributed by atoms with Crippen molar-refractivity contribution in [1.29, 1.82) is 0 Å². The second-order valence-corrected chi connectivity index (χ2v) is 13.1. The zero-order valence-corrected chi connectivity index (χ0v) is 28.9. The molecule has 3 aromatic carbocycles. The molecule has 1 heterocycles. The van der Waals surface area contributed by atoms with Gasteiger partial charge in [-0.3, -0.25) is 14.9 Å². The van der Waals surface area contributed by atoms with Crippen LogP contribution in [0.1, 0.15) is 53.2 Å². The van der Waals surface area contributed by atoms with Crippen LogP contribution >= 0.6 is 0 Å². The largest absolute Gasteiger partial charge is 0.504 e. The molecule has 0 radical (unpaired) electrons. The van der Waals surface area contributed by atoms with Crippen molar-refractivity contribution in [3.63, 3.8) is 0 Å².